The minimum atomic E-state index is -0.115. The van der Waals surface area contributed by atoms with Crippen LogP contribution < -0.4 is 26.3 Å². The fourth-order valence-electron chi connectivity index (χ4n) is 3.87. The largest absolute Gasteiger partial charge is 0.494 e. The van der Waals surface area contributed by atoms with Crippen LogP contribution in [0.1, 0.15) is 11.1 Å². The van der Waals surface area contributed by atoms with Crippen LogP contribution in [0.25, 0.3) is 0 Å². The maximum absolute atomic E-state index is 5.99. The molecule has 2 aromatic rings. The van der Waals surface area contributed by atoms with E-state index in [0.717, 1.165) is 73.9 Å². The highest BCUT2D eigenvalue weighted by Gasteiger charge is 2.19. The summed E-state index contributed by atoms with van der Waals surface area (Å²) in [5.41, 5.74) is 14.2. The molecule has 2 heterocycles. The zero-order chi connectivity index (χ0) is 23.1. The van der Waals surface area contributed by atoms with Gasteiger partial charge in [-0.3, -0.25) is 9.80 Å². The number of nitrogens with two attached hydrogens (primary N) is 2. The molecule has 10 heteroatoms. The average Bonchev–Trinajstić information content (AvgIpc) is 2.76. The zero-order valence-corrected chi connectivity index (χ0v) is 20.2. The lowest BCUT2D eigenvalue weighted by Gasteiger charge is -2.33. The Hall–Kier alpha value is -2.61. The number of nitrogens with zero attached hydrogens (tertiary/aromatic N) is 4. The van der Waals surface area contributed by atoms with E-state index in [1.807, 2.05) is 12.1 Å². The van der Waals surface area contributed by atoms with Gasteiger partial charge in [0.1, 0.15) is 23.0 Å². The molecular formula is C22H35N7O2P+. The quantitative estimate of drug-likeness (QED) is 0.456. The summed E-state index contributed by atoms with van der Waals surface area (Å²) in [5, 5.41) is 3.51. The highest BCUT2D eigenvalue weighted by atomic mass is 31.1. The molecule has 1 atom stereocenters. The third-order valence-corrected chi connectivity index (χ3v) is 6.40. The van der Waals surface area contributed by atoms with E-state index in [0.29, 0.717) is 12.2 Å². The van der Waals surface area contributed by atoms with Crippen molar-refractivity contribution in [2.75, 3.05) is 83.2 Å². The third kappa shape index (κ3) is 6.45. The number of aromatic nitrogens is 2. The predicted molar refractivity (Wildman–Crippen MR) is 135 cm³/mol. The van der Waals surface area contributed by atoms with E-state index in [1.54, 1.807) is 20.4 Å². The zero-order valence-electron chi connectivity index (χ0n) is 19.3. The molecule has 174 valence electrons. The summed E-state index contributed by atoms with van der Waals surface area (Å²) in [4.78, 5) is 13.1. The molecule has 1 fully saturated rings. The van der Waals surface area contributed by atoms with E-state index in [1.165, 1.54) is 0 Å². The van der Waals surface area contributed by atoms with Crippen LogP contribution in [0.4, 0.5) is 17.5 Å². The minimum absolute atomic E-state index is 0.115. The van der Waals surface area contributed by atoms with Gasteiger partial charge in [-0.1, -0.05) is 0 Å². The maximum Gasteiger partial charge on any atom is 0.221 e. The van der Waals surface area contributed by atoms with Gasteiger partial charge in [-0.05, 0) is 17.7 Å². The summed E-state index contributed by atoms with van der Waals surface area (Å²) in [6.45, 7) is 8.40. The van der Waals surface area contributed by atoms with Crippen LogP contribution in [0.15, 0.2) is 18.3 Å². The van der Waals surface area contributed by atoms with Gasteiger partial charge < -0.3 is 26.3 Å². The Bertz CT molecular complexity index is 907. The monoisotopic (exact) mass is 460 g/mol. The Morgan fingerprint density at radius 3 is 2.28 bits per heavy atom. The van der Waals surface area contributed by atoms with Crippen LogP contribution in [0, 0.1) is 0 Å². The van der Waals surface area contributed by atoms with E-state index in [2.05, 4.69) is 38.0 Å². The van der Waals surface area contributed by atoms with Crippen LogP contribution in [-0.2, 0) is 6.42 Å². The fourth-order valence-corrected chi connectivity index (χ4v) is 4.83. The third-order valence-electron chi connectivity index (χ3n) is 5.51. The number of benzene rings is 1. The van der Waals surface area contributed by atoms with Crippen molar-refractivity contribution >= 4 is 31.3 Å². The van der Waals surface area contributed by atoms with Gasteiger partial charge in [-0.2, -0.15) is 4.98 Å². The van der Waals surface area contributed by atoms with Crippen molar-refractivity contribution in [2.45, 2.75) is 6.42 Å². The Morgan fingerprint density at radius 1 is 1.09 bits per heavy atom. The van der Waals surface area contributed by atoms with Crippen LogP contribution in [-0.4, -0.2) is 92.5 Å². The van der Waals surface area contributed by atoms with Crippen LogP contribution in [0.5, 0.6) is 11.5 Å². The Morgan fingerprint density at radius 2 is 1.72 bits per heavy atom. The summed E-state index contributed by atoms with van der Waals surface area (Å²) >= 11 is 0. The van der Waals surface area contributed by atoms with E-state index < -0.39 is 0 Å². The van der Waals surface area contributed by atoms with Gasteiger partial charge in [0.15, 0.2) is 6.29 Å². The van der Waals surface area contributed by atoms with Crippen molar-refractivity contribution in [2.24, 2.45) is 0 Å². The first-order valence-electron chi connectivity index (χ1n) is 10.7. The topological polar surface area (TPSA) is 115 Å². The van der Waals surface area contributed by atoms with E-state index in [4.69, 9.17) is 20.9 Å². The predicted octanol–water partition coefficient (Wildman–Crippen LogP) is 1.78. The summed E-state index contributed by atoms with van der Waals surface area (Å²) in [6.07, 6.45) is 7.50. The Labute approximate surface area is 191 Å². The van der Waals surface area contributed by atoms with Gasteiger partial charge in [0.05, 0.1) is 34.7 Å². The molecule has 0 bridgehead atoms. The van der Waals surface area contributed by atoms with E-state index in [-0.39, 0.29) is 13.5 Å². The second-order valence-electron chi connectivity index (χ2n) is 8.07. The van der Waals surface area contributed by atoms with Gasteiger partial charge in [0.25, 0.3) is 0 Å². The number of nitrogen functional groups attached to an aromatic ring is 2. The molecule has 1 saturated heterocycles. The molecule has 0 radical (unpaired) electrons. The fraction of sp³-hybridized carbons (Fsp3) is 0.500. The Kier molecular flexibility index (Phi) is 8.50. The van der Waals surface area contributed by atoms with Gasteiger partial charge in [0.2, 0.25) is 5.95 Å². The standard InChI is InChI=1S/C22H35N7O2P/c1-30-18-12-16(11-17-14-26-22(24)27-21(17)23)13-19(31-2)20(18)25-5-6-28-7-9-29(10-8-28)15-32(3)4/h12-14,25H,3,5-11,15H2,1-2,4H3,(H4,23,24,26,27)/q+1. The van der Waals surface area contributed by atoms with Gasteiger partial charge in [0, 0.05) is 57.4 Å². The van der Waals surface area contributed by atoms with Gasteiger partial charge >= 0.3 is 0 Å². The maximum atomic E-state index is 5.99. The number of nitrogens with one attached hydrogen (secondary N) is 1. The van der Waals surface area contributed by atoms with Crippen molar-refractivity contribution < 1.29 is 9.47 Å². The summed E-state index contributed by atoms with van der Waals surface area (Å²) < 4.78 is 11.3. The number of ether oxygens (including phenoxy) is 2. The number of hydrogen-bond acceptors (Lipinski definition) is 9. The molecule has 32 heavy (non-hydrogen) atoms. The van der Waals surface area contributed by atoms with Crippen molar-refractivity contribution in [3.05, 3.63) is 29.5 Å². The molecule has 0 spiro atoms. The molecule has 1 unspecified atom stereocenters. The molecule has 1 aromatic heterocycles. The average molecular weight is 461 g/mol. The number of anilines is 3. The molecular weight excluding hydrogens is 425 g/mol. The number of rotatable bonds is 10. The highest BCUT2D eigenvalue weighted by molar-refractivity contribution is 7.54. The van der Waals surface area contributed by atoms with Crippen LogP contribution in [0.3, 0.4) is 0 Å². The molecule has 0 saturated carbocycles. The first-order valence-corrected chi connectivity index (χ1v) is 12.9. The number of piperazine rings is 1. The SMILES string of the molecule is C=[P+](C)CN1CCN(CCNc2c(OC)cc(Cc3cnc(N)nc3N)cc2OC)CC1. The lowest BCUT2D eigenvalue weighted by molar-refractivity contribution is 0.153. The number of hydrogen-bond donors (Lipinski definition) is 3. The summed E-state index contributed by atoms with van der Waals surface area (Å²) in [6, 6.07) is 3.97. The van der Waals surface area contributed by atoms with Crippen molar-refractivity contribution in [3.8, 4) is 11.5 Å². The molecule has 5 N–H and O–H groups in total. The lowest BCUT2D eigenvalue weighted by Crippen LogP contribution is -2.47. The summed E-state index contributed by atoms with van der Waals surface area (Å²) in [7, 11) is 3.21. The lowest BCUT2D eigenvalue weighted by atomic mass is 10.0. The molecule has 3 rings (SSSR count). The van der Waals surface area contributed by atoms with Crippen LogP contribution >= 0.6 is 7.55 Å². The second kappa shape index (κ2) is 11.3. The van der Waals surface area contributed by atoms with Crippen molar-refractivity contribution in [1.29, 1.82) is 0 Å². The highest BCUT2D eigenvalue weighted by Crippen LogP contribution is 2.37. The minimum Gasteiger partial charge on any atom is -0.494 e. The summed E-state index contributed by atoms with van der Waals surface area (Å²) in [5.74, 6) is 2.00. The van der Waals surface area contributed by atoms with Crippen LogP contribution in [0.2, 0.25) is 0 Å². The number of methoxy groups -OCH3 is 2. The van der Waals surface area contributed by atoms with Gasteiger partial charge in [-0.25, -0.2) is 4.98 Å². The molecule has 1 aliphatic heterocycles. The van der Waals surface area contributed by atoms with E-state index in [9.17, 15) is 0 Å². The second-order valence-corrected chi connectivity index (χ2v) is 10.1. The molecule has 9 nitrogen and oxygen atoms in total. The smallest absolute Gasteiger partial charge is 0.221 e. The molecule has 1 aromatic carbocycles. The van der Waals surface area contributed by atoms with Crippen molar-refractivity contribution in [1.82, 2.24) is 19.8 Å². The molecule has 0 aliphatic carbocycles. The Balaban J connectivity index is 1.62. The van der Waals surface area contributed by atoms with Gasteiger partial charge in [-0.15, -0.1) is 0 Å². The molecule has 1 aliphatic rings. The molecule has 0 amide bonds. The van der Waals surface area contributed by atoms with E-state index >= 15 is 0 Å². The first kappa shape index (κ1) is 24.0. The first-order chi connectivity index (χ1) is 15.4. The normalized spacial score (nSPS) is 15.4. The van der Waals surface area contributed by atoms with Crippen molar-refractivity contribution in [3.63, 3.8) is 0 Å².